The van der Waals surface area contributed by atoms with Crippen LogP contribution in [0.5, 0.6) is 0 Å². The zero-order chi connectivity index (χ0) is 32.8. The van der Waals surface area contributed by atoms with Gasteiger partial charge in [-0.05, 0) is 65.6 Å². The lowest BCUT2D eigenvalue weighted by atomic mass is 9.49. The van der Waals surface area contributed by atoms with E-state index in [2.05, 4.69) is 113 Å². The molecule has 4 aliphatic rings. The first-order valence-electron chi connectivity index (χ1n) is 18.0. The van der Waals surface area contributed by atoms with Crippen LogP contribution < -0.4 is 0 Å². The van der Waals surface area contributed by atoms with Gasteiger partial charge in [0.05, 0.1) is 6.10 Å². The first-order chi connectivity index (χ1) is 20.5. The number of allylic oxidation sites excluding steroid dienone is 4. The summed E-state index contributed by atoms with van der Waals surface area (Å²) in [5.41, 5.74) is 4.28. The van der Waals surface area contributed by atoms with Crippen molar-refractivity contribution in [2.24, 2.45) is 40.4 Å². The SMILES string of the molecule is CC[Si](CC)(CC)OC1C([SiH2]C(C)(C)C(C)C)C(=O)CC2=CC=C3[C@@H]4CC=C([C@H](C)C(O)C#CC(C)C)[C@@]4(C)CC[C@@H]3[C@]21C. The molecule has 0 heterocycles. The highest BCUT2D eigenvalue weighted by Gasteiger charge is 2.61. The minimum Gasteiger partial charge on any atom is -0.413 e. The monoisotopic (exact) mass is 636 g/mol. The predicted molar refractivity (Wildman–Crippen MR) is 192 cm³/mol. The molecule has 3 nitrogen and oxygen atoms in total. The molecule has 0 amide bonds. The molecule has 0 aliphatic heterocycles. The van der Waals surface area contributed by atoms with E-state index in [1.807, 2.05) is 0 Å². The van der Waals surface area contributed by atoms with Crippen LogP contribution in [0.4, 0.5) is 0 Å². The van der Waals surface area contributed by atoms with Crippen LogP contribution in [0.25, 0.3) is 0 Å². The molecular formula is C39H64O3Si2. The van der Waals surface area contributed by atoms with E-state index in [1.54, 1.807) is 5.57 Å². The Balaban J connectivity index is 1.75. The van der Waals surface area contributed by atoms with Crippen LogP contribution in [0.2, 0.25) is 28.7 Å². The Kier molecular flexibility index (Phi) is 10.6. The number of hydrogen-bond donors (Lipinski definition) is 1. The largest absolute Gasteiger partial charge is 0.413 e. The van der Waals surface area contributed by atoms with Gasteiger partial charge in [-0.25, -0.2) is 0 Å². The van der Waals surface area contributed by atoms with E-state index in [1.165, 1.54) is 11.1 Å². The van der Waals surface area contributed by atoms with Gasteiger partial charge >= 0.3 is 0 Å². The van der Waals surface area contributed by atoms with Gasteiger partial charge in [0.15, 0.2) is 8.32 Å². The van der Waals surface area contributed by atoms with Crippen molar-refractivity contribution in [1.82, 2.24) is 0 Å². The van der Waals surface area contributed by atoms with Crippen molar-refractivity contribution < 1.29 is 14.3 Å². The molecule has 3 unspecified atom stereocenters. The fraction of sp³-hybridized carbons (Fsp3) is 0.769. The van der Waals surface area contributed by atoms with E-state index < -0.39 is 23.9 Å². The van der Waals surface area contributed by atoms with Gasteiger partial charge in [-0.2, -0.15) is 0 Å². The molecule has 0 aromatic carbocycles. The minimum absolute atomic E-state index is 0.00912. The summed E-state index contributed by atoms with van der Waals surface area (Å²) in [6.07, 6.45) is 10.4. The lowest BCUT2D eigenvalue weighted by molar-refractivity contribution is -0.126. The van der Waals surface area contributed by atoms with Crippen molar-refractivity contribution in [2.75, 3.05) is 0 Å². The third-order valence-corrected chi connectivity index (χ3v) is 21.3. The van der Waals surface area contributed by atoms with E-state index in [0.717, 1.165) is 37.4 Å². The van der Waals surface area contributed by atoms with Crippen molar-refractivity contribution in [3.05, 3.63) is 34.9 Å². The van der Waals surface area contributed by atoms with Crippen LogP contribution in [-0.4, -0.2) is 40.9 Å². The first kappa shape index (κ1) is 35.7. The smallest absolute Gasteiger partial charge is 0.192 e. The molecule has 246 valence electrons. The molecule has 2 saturated carbocycles. The molecule has 0 aromatic heterocycles. The summed E-state index contributed by atoms with van der Waals surface area (Å²) < 4.78 is 7.65. The Morgan fingerprint density at radius 3 is 2.25 bits per heavy atom. The van der Waals surface area contributed by atoms with Crippen LogP contribution in [0.1, 0.15) is 109 Å². The first-order valence-corrected chi connectivity index (χ1v) is 22.1. The second kappa shape index (κ2) is 13.1. The third kappa shape index (κ3) is 6.12. The number of hydrogen-bond acceptors (Lipinski definition) is 3. The number of ketones is 1. The summed E-state index contributed by atoms with van der Waals surface area (Å²) in [5, 5.41) is 11.3. The van der Waals surface area contributed by atoms with Gasteiger partial charge in [0.2, 0.25) is 0 Å². The number of aliphatic hydroxyl groups is 1. The number of carbonyl (C=O) groups is 1. The molecule has 0 spiro atoms. The predicted octanol–water partition coefficient (Wildman–Crippen LogP) is 9.05. The highest BCUT2D eigenvalue weighted by molar-refractivity contribution is 6.73. The van der Waals surface area contributed by atoms with Gasteiger partial charge in [-0.15, -0.1) is 0 Å². The summed E-state index contributed by atoms with van der Waals surface area (Å²) in [6, 6.07) is 3.34. The molecule has 4 aliphatic carbocycles. The van der Waals surface area contributed by atoms with Gasteiger partial charge in [-0.1, -0.05) is 130 Å². The fourth-order valence-electron chi connectivity index (χ4n) is 9.38. The molecular weight excluding hydrogens is 573 g/mol. The Labute approximate surface area is 274 Å². The number of aliphatic hydroxyl groups excluding tert-OH is 1. The van der Waals surface area contributed by atoms with Crippen molar-refractivity contribution in [1.29, 1.82) is 0 Å². The lowest BCUT2D eigenvalue weighted by Gasteiger charge is -2.59. The molecule has 0 radical (unpaired) electrons. The third-order valence-electron chi connectivity index (χ3n) is 13.5. The molecule has 4 rings (SSSR count). The quantitative estimate of drug-likeness (QED) is 0.148. The molecule has 0 saturated heterocycles. The number of rotatable bonds is 10. The zero-order valence-corrected chi connectivity index (χ0v) is 32.7. The average molecular weight is 637 g/mol. The standard InChI is InChI=1S/C39H64O3Si2/c1-13-44(14-2,15-3)42-36-35(43-37(9,10)26(6)7)34(41)24-28-17-18-29-31-20-19-30(27(8)33(40)21-16-25(4)5)38(31,11)23-22-32(29)39(28,36)12/h17-19,25-27,31-33,35-36,40H,13-15,20,22-24,43H2,1-12H3/t27-,31-,32-,33?,35?,36?,38+,39-/m0/s1. The second-order valence-corrected chi connectivity index (χ2v) is 24.5. The summed E-state index contributed by atoms with van der Waals surface area (Å²) in [6.45, 7) is 27.8. The molecule has 44 heavy (non-hydrogen) atoms. The molecule has 8 atom stereocenters. The van der Waals surface area contributed by atoms with E-state index in [9.17, 15) is 9.90 Å². The highest BCUT2D eigenvalue weighted by atomic mass is 28.4. The highest BCUT2D eigenvalue weighted by Crippen LogP contribution is 2.66. The Bertz CT molecular complexity index is 1230. The summed E-state index contributed by atoms with van der Waals surface area (Å²) in [4.78, 5) is 14.2. The van der Waals surface area contributed by atoms with Gasteiger partial charge in [0.25, 0.3) is 0 Å². The summed E-state index contributed by atoms with van der Waals surface area (Å²) >= 11 is 0. The van der Waals surface area contributed by atoms with Crippen LogP contribution in [0, 0.1) is 52.3 Å². The molecule has 5 heteroatoms. The number of carbonyl (C=O) groups excluding carboxylic acids is 1. The van der Waals surface area contributed by atoms with Crippen molar-refractivity contribution in [3.8, 4) is 11.8 Å². The van der Waals surface area contributed by atoms with Crippen LogP contribution >= 0.6 is 0 Å². The Hall–Kier alpha value is -1.20. The maximum Gasteiger partial charge on any atom is 0.192 e. The molecule has 2 fully saturated rings. The zero-order valence-electron chi connectivity index (χ0n) is 30.3. The van der Waals surface area contributed by atoms with Gasteiger partial charge < -0.3 is 9.53 Å². The van der Waals surface area contributed by atoms with Crippen LogP contribution in [0.15, 0.2) is 34.9 Å². The average Bonchev–Trinajstić information content (AvgIpc) is 3.33. The van der Waals surface area contributed by atoms with E-state index >= 15 is 0 Å². The van der Waals surface area contributed by atoms with Gasteiger partial charge in [0.1, 0.15) is 11.9 Å². The topological polar surface area (TPSA) is 46.5 Å². The molecule has 1 N–H and O–H groups in total. The van der Waals surface area contributed by atoms with Crippen molar-refractivity contribution in [2.45, 2.75) is 150 Å². The Morgan fingerprint density at radius 1 is 1.05 bits per heavy atom. The normalized spacial score (nSPS) is 33.7. The molecule has 0 bridgehead atoms. The number of Topliss-reactive ketones (excluding diaryl/α,β-unsaturated/α-hetero) is 1. The molecule has 0 aromatic rings. The van der Waals surface area contributed by atoms with Crippen LogP contribution in [-0.2, 0) is 9.22 Å². The van der Waals surface area contributed by atoms with E-state index in [0.29, 0.717) is 30.0 Å². The maximum atomic E-state index is 14.2. The second-order valence-electron chi connectivity index (χ2n) is 16.7. The van der Waals surface area contributed by atoms with Gasteiger partial charge in [-0.3, -0.25) is 4.79 Å². The summed E-state index contributed by atoms with van der Waals surface area (Å²) in [7, 11) is -2.76. The summed E-state index contributed by atoms with van der Waals surface area (Å²) in [5.74, 6) is 8.49. The van der Waals surface area contributed by atoms with Gasteiger partial charge in [0, 0.05) is 38.7 Å². The number of fused-ring (bicyclic) bond motifs is 5. The minimum atomic E-state index is -1.98. The van der Waals surface area contributed by atoms with Crippen LogP contribution in [0.3, 0.4) is 0 Å². The van der Waals surface area contributed by atoms with Crippen molar-refractivity contribution in [3.63, 3.8) is 0 Å². The van der Waals surface area contributed by atoms with E-state index in [4.69, 9.17) is 4.43 Å². The van der Waals surface area contributed by atoms with Crippen molar-refractivity contribution >= 4 is 23.6 Å². The lowest BCUT2D eigenvalue weighted by Crippen LogP contribution is -2.59. The van der Waals surface area contributed by atoms with E-state index in [-0.39, 0.29) is 39.3 Å². The Morgan fingerprint density at radius 2 is 1.68 bits per heavy atom. The maximum absolute atomic E-state index is 14.2. The fourth-order valence-corrected chi connectivity index (χ4v) is 15.3.